The number of methoxy groups -OCH3 is 1. The number of likely N-dealkylation sites (tertiary alicyclic amines) is 1. The number of aromatic nitrogens is 3. The molecule has 15 heteroatoms. The lowest BCUT2D eigenvalue weighted by molar-refractivity contribution is -0.147. The molecule has 1 saturated carbocycles. The molecule has 1 unspecified atom stereocenters. The van der Waals surface area contributed by atoms with Crippen molar-refractivity contribution in [2.45, 2.75) is 122 Å². The second-order valence-electron chi connectivity index (χ2n) is 18.2. The smallest absolute Gasteiger partial charge is 0.238 e. The van der Waals surface area contributed by atoms with E-state index in [0.717, 1.165) is 115 Å². The van der Waals surface area contributed by atoms with Gasteiger partial charge in [0, 0.05) is 33.4 Å². The number of primary amides is 1. The van der Waals surface area contributed by atoms with E-state index in [1.807, 2.05) is 48.2 Å². The zero-order valence-electron chi connectivity index (χ0n) is 39.6. The van der Waals surface area contributed by atoms with Crippen molar-refractivity contribution in [1.29, 1.82) is 0 Å². The van der Waals surface area contributed by atoms with E-state index in [2.05, 4.69) is 45.6 Å². The average molecular weight is 997 g/mol. The van der Waals surface area contributed by atoms with Crippen LogP contribution in [0.4, 0.5) is 5.82 Å². The molecule has 3 aromatic carbocycles. The maximum Gasteiger partial charge on any atom is 0.238 e. The molecule has 2 amide bonds. The summed E-state index contributed by atoms with van der Waals surface area (Å²) in [4.78, 5) is 57.1. The number of halogens is 1. The summed E-state index contributed by atoms with van der Waals surface area (Å²) in [7, 11) is 3.36. The Morgan fingerprint density at radius 3 is 2.34 bits per heavy atom. The van der Waals surface area contributed by atoms with Crippen molar-refractivity contribution >= 4 is 61.6 Å². The summed E-state index contributed by atoms with van der Waals surface area (Å²) in [5.41, 5.74) is 7.59. The van der Waals surface area contributed by atoms with Crippen LogP contribution in [0.5, 0.6) is 17.2 Å². The van der Waals surface area contributed by atoms with Gasteiger partial charge in [0.1, 0.15) is 33.6 Å². The van der Waals surface area contributed by atoms with Crippen LogP contribution in [0, 0.1) is 18.8 Å². The summed E-state index contributed by atoms with van der Waals surface area (Å²) >= 11 is 4.98. The van der Waals surface area contributed by atoms with Crippen LogP contribution in [-0.4, -0.2) is 76.9 Å². The summed E-state index contributed by atoms with van der Waals surface area (Å²) in [5.74, 6) is 2.12. The molecule has 2 aromatic heterocycles. The second-order valence-corrected chi connectivity index (χ2v) is 20.0. The van der Waals surface area contributed by atoms with Gasteiger partial charge in [0.2, 0.25) is 17.6 Å². The highest BCUT2D eigenvalue weighted by molar-refractivity contribution is 9.10. The average Bonchev–Trinajstić information content (AvgIpc) is 4.03. The lowest BCUT2D eigenvalue weighted by Crippen LogP contribution is -2.63. The van der Waals surface area contributed by atoms with Crippen molar-refractivity contribution in [1.82, 2.24) is 25.2 Å². The quantitative estimate of drug-likeness (QED) is 0.0420. The number of nitrogens with two attached hydrogens (primary N) is 1. The third-order valence-electron chi connectivity index (χ3n) is 13.6. The standard InChI is InChI=1S/C52H66BrN7O6S/c1-33(36-20-15-22-38(53)28-36)56-48-40-30-44(64-5)45(31-41(40)57-34(2)58-48)66-27-14-9-7-6-8-13-26-65-39-23-16-21-37(29-39)47(61)42-32-67-49(59-42)43-24-17-25-60(43)50(62)46(35-18-11-10-12-19-35)52(3,55-4)51(54)63/h15-16,20-23,28-33,35,43,46,55H,6-14,17-19,24-27H2,1-5H3,(H2,54,63)(H,56,57,58)/t33-,43+,46-,52?/m1/s1. The molecule has 1 aliphatic heterocycles. The Hall–Kier alpha value is -5.12. The van der Waals surface area contributed by atoms with Crippen molar-refractivity contribution in [3.63, 3.8) is 0 Å². The maximum atomic E-state index is 14.5. The number of fused-ring (bicyclic) bond motifs is 1. The molecule has 4 N–H and O–H groups in total. The number of likely N-dealkylation sites (N-methyl/N-ethyl adjacent to an activating group) is 1. The van der Waals surface area contributed by atoms with Gasteiger partial charge in [0.25, 0.3) is 0 Å². The summed E-state index contributed by atoms with van der Waals surface area (Å²) in [6.07, 6.45) is 12.7. The molecule has 1 saturated heterocycles. The molecular formula is C52H66BrN7O6S. The third kappa shape index (κ3) is 12.1. The summed E-state index contributed by atoms with van der Waals surface area (Å²) in [6.45, 7) is 7.48. The predicted molar refractivity (Wildman–Crippen MR) is 268 cm³/mol. The number of hydrogen-bond acceptors (Lipinski definition) is 12. The Morgan fingerprint density at radius 1 is 0.896 bits per heavy atom. The minimum absolute atomic E-state index is 0.0278. The highest BCUT2D eigenvalue weighted by atomic mass is 79.9. The second kappa shape index (κ2) is 23.3. The van der Waals surface area contributed by atoms with E-state index in [4.69, 9.17) is 34.9 Å². The van der Waals surface area contributed by atoms with E-state index < -0.39 is 17.4 Å². The zero-order chi connectivity index (χ0) is 47.5. The fourth-order valence-electron chi connectivity index (χ4n) is 9.69. The van der Waals surface area contributed by atoms with Gasteiger partial charge in [-0.2, -0.15) is 0 Å². The molecule has 2 aliphatic rings. The lowest BCUT2D eigenvalue weighted by Gasteiger charge is -2.42. The fourth-order valence-corrected chi connectivity index (χ4v) is 11.1. The first-order chi connectivity index (χ1) is 32.4. The first kappa shape index (κ1) is 49.8. The largest absolute Gasteiger partial charge is 0.494 e. The molecular weight excluding hydrogens is 931 g/mol. The SMILES string of the molecule is CNC(C)(C(N)=O)[C@@H](C(=O)N1CCC[C@H]1c1nc(C(=O)c2cccc(OCCCCCCCCOc3cc4nc(C)nc(N[C@H](C)c5cccc(Br)c5)c4cc3OC)c2)cs1)C1CCCCC1. The van der Waals surface area contributed by atoms with Crippen molar-refractivity contribution in [3.05, 3.63) is 98.2 Å². The summed E-state index contributed by atoms with van der Waals surface area (Å²) in [6, 6.07) is 19.2. The van der Waals surface area contributed by atoms with Gasteiger partial charge in [-0.25, -0.2) is 15.0 Å². The van der Waals surface area contributed by atoms with Crippen LogP contribution in [0.25, 0.3) is 10.9 Å². The number of carbonyl (C=O) groups is 3. The minimum atomic E-state index is -1.17. The first-order valence-corrected chi connectivity index (χ1v) is 25.6. The molecule has 0 radical (unpaired) electrons. The summed E-state index contributed by atoms with van der Waals surface area (Å²) < 4.78 is 19.1. The molecule has 2 fully saturated rings. The number of hydrogen-bond donors (Lipinski definition) is 3. The van der Waals surface area contributed by atoms with Crippen molar-refractivity contribution in [3.8, 4) is 17.2 Å². The van der Waals surface area contributed by atoms with Gasteiger partial charge in [0.15, 0.2) is 11.5 Å². The topological polar surface area (TPSA) is 171 Å². The van der Waals surface area contributed by atoms with E-state index in [9.17, 15) is 14.4 Å². The van der Waals surface area contributed by atoms with Gasteiger partial charge in [-0.3, -0.25) is 14.4 Å². The molecule has 3 heterocycles. The number of ketones is 1. The molecule has 7 rings (SSSR count). The number of anilines is 1. The molecule has 0 bridgehead atoms. The van der Waals surface area contributed by atoms with Gasteiger partial charge in [-0.05, 0) is 108 Å². The van der Waals surface area contributed by atoms with Gasteiger partial charge >= 0.3 is 0 Å². The van der Waals surface area contributed by atoms with Gasteiger partial charge < -0.3 is 35.5 Å². The lowest BCUT2D eigenvalue weighted by atomic mass is 9.69. The van der Waals surface area contributed by atoms with E-state index in [-0.39, 0.29) is 29.7 Å². The monoisotopic (exact) mass is 995 g/mol. The van der Waals surface area contributed by atoms with E-state index >= 15 is 0 Å². The molecule has 358 valence electrons. The van der Waals surface area contributed by atoms with E-state index in [1.165, 1.54) is 11.3 Å². The van der Waals surface area contributed by atoms with Crippen LogP contribution in [0.15, 0.2) is 70.5 Å². The number of rotatable bonds is 23. The number of nitrogens with one attached hydrogen (secondary N) is 2. The molecule has 1 aliphatic carbocycles. The first-order valence-electron chi connectivity index (χ1n) is 23.9. The van der Waals surface area contributed by atoms with Crippen molar-refractivity contribution < 1.29 is 28.6 Å². The predicted octanol–water partition coefficient (Wildman–Crippen LogP) is 10.7. The zero-order valence-corrected chi connectivity index (χ0v) is 42.0. The van der Waals surface area contributed by atoms with Crippen molar-refractivity contribution in [2.24, 2.45) is 17.6 Å². The number of ether oxygens (including phenoxy) is 3. The Balaban J connectivity index is 0.845. The number of unbranched alkanes of at least 4 members (excludes halogenated alkanes) is 5. The number of amides is 2. The molecule has 0 spiro atoms. The summed E-state index contributed by atoms with van der Waals surface area (Å²) in [5, 5.41) is 10.1. The highest BCUT2D eigenvalue weighted by Gasteiger charge is 2.50. The Kier molecular flexibility index (Phi) is 17.3. The fraction of sp³-hybridized carbons (Fsp3) is 0.500. The van der Waals surface area contributed by atoms with Gasteiger partial charge in [-0.15, -0.1) is 11.3 Å². The van der Waals surface area contributed by atoms with E-state index in [1.54, 1.807) is 38.6 Å². The molecule has 5 aromatic rings. The molecule has 13 nitrogen and oxygen atoms in total. The third-order valence-corrected chi connectivity index (χ3v) is 15.0. The van der Waals surface area contributed by atoms with Crippen LogP contribution >= 0.6 is 27.3 Å². The van der Waals surface area contributed by atoms with Gasteiger partial charge in [-0.1, -0.05) is 85.1 Å². The highest BCUT2D eigenvalue weighted by Crippen LogP contribution is 2.42. The van der Waals surface area contributed by atoms with Crippen LogP contribution in [0.1, 0.15) is 142 Å². The maximum absolute atomic E-state index is 14.5. The van der Waals surface area contributed by atoms with E-state index in [0.29, 0.717) is 54.1 Å². The Bertz CT molecular complexity index is 2500. The molecule has 4 atom stereocenters. The molecule has 67 heavy (non-hydrogen) atoms. The number of thiazole rings is 1. The van der Waals surface area contributed by atoms with Crippen LogP contribution in [-0.2, 0) is 9.59 Å². The van der Waals surface area contributed by atoms with Crippen LogP contribution in [0.2, 0.25) is 0 Å². The number of nitrogens with zero attached hydrogens (tertiary/aromatic N) is 4. The Labute approximate surface area is 407 Å². The van der Waals surface area contributed by atoms with Crippen molar-refractivity contribution in [2.75, 3.05) is 39.2 Å². The number of carbonyl (C=O) groups excluding carboxylic acids is 3. The number of aryl methyl sites for hydroxylation is 1. The number of benzene rings is 3. The van der Waals surface area contributed by atoms with Crippen LogP contribution in [0.3, 0.4) is 0 Å². The van der Waals surface area contributed by atoms with Gasteiger partial charge in [0.05, 0.1) is 43.8 Å². The minimum Gasteiger partial charge on any atom is -0.494 e. The normalized spacial score (nSPS) is 17.2. The van der Waals surface area contributed by atoms with Crippen LogP contribution < -0.4 is 30.6 Å². The Morgan fingerprint density at radius 2 is 1.63 bits per heavy atom.